The van der Waals surface area contributed by atoms with Gasteiger partial charge in [0.2, 0.25) is 6.54 Å². The van der Waals surface area contributed by atoms with E-state index < -0.39 is 22.8 Å². The van der Waals surface area contributed by atoms with Crippen LogP contribution in [0.2, 0.25) is 0 Å². The Hall–Kier alpha value is -3.95. The van der Waals surface area contributed by atoms with Crippen LogP contribution in [0.5, 0.6) is 0 Å². The van der Waals surface area contributed by atoms with E-state index in [2.05, 4.69) is 9.72 Å². The van der Waals surface area contributed by atoms with Crippen molar-refractivity contribution in [3.05, 3.63) is 69.0 Å². The van der Waals surface area contributed by atoms with E-state index in [0.717, 1.165) is 11.6 Å². The van der Waals surface area contributed by atoms with Gasteiger partial charge in [0, 0.05) is 41.5 Å². The Morgan fingerprint density at radius 3 is 2.44 bits per heavy atom. The van der Waals surface area contributed by atoms with E-state index in [-0.39, 0.29) is 18.5 Å². The molecule has 1 N–H and O–H groups in total. The molecule has 3 rings (SSSR count). The fourth-order valence-corrected chi connectivity index (χ4v) is 3.61. The van der Waals surface area contributed by atoms with Gasteiger partial charge in [-0.05, 0) is 28.8 Å². The van der Waals surface area contributed by atoms with E-state index in [1.54, 1.807) is 31.3 Å². The number of benzene rings is 2. The number of ether oxygens (including phenoxy) is 2. The molecular formula is C22H22FN3O6. The average Bonchev–Trinajstić information content (AvgIpc) is 3.14. The summed E-state index contributed by atoms with van der Waals surface area (Å²) in [4.78, 5) is 38.9. The van der Waals surface area contributed by atoms with Crippen molar-refractivity contribution in [2.24, 2.45) is 0 Å². The summed E-state index contributed by atoms with van der Waals surface area (Å²) in [6.07, 6.45) is -0.436. The number of nitrogens with one attached hydrogen (secondary N) is 1. The molecule has 9 nitrogen and oxygen atoms in total. The Morgan fingerprint density at radius 2 is 1.84 bits per heavy atom. The lowest BCUT2D eigenvalue weighted by Gasteiger charge is -2.15. The average molecular weight is 443 g/mol. The maximum Gasteiger partial charge on any atom is 0.409 e. The van der Waals surface area contributed by atoms with Gasteiger partial charge in [-0.2, -0.15) is 0 Å². The molecule has 0 aliphatic heterocycles. The molecule has 3 aromatic rings. The summed E-state index contributed by atoms with van der Waals surface area (Å²) in [6.45, 7) is -0.0362. The zero-order chi connectivity index (χ0) is 23.4. The van der Waals surface area contributed by atoms with E-state index in [9.17, 15) is 24.1 Å². The van der Waals surface area contributed by atoms with E-state index >= 15 is 0 Å². The standard InChI is InChI=1S/C22H22FN3O6/c1-25(22(28)32-3)12-13-4-6-14(7-5-13)20-16(8-9-26(29)30)19-17(21(27)31-2)10-15(23)11-18(19)24-20/h4-7,10-11,24H,8-9,12H2,1-3H3. The van der Waals surface area contributed by atoms with Crippen LogP contribution < -0.4 is 0 Å². The van der Waals surface area contributed by atoms with Crippen LogP contribution >= 0.6 is 0 Å². The second-order valence-corrected chi connectivity index (χ2v) is 7.18. The van der Waals surface area contributed by atoms with E-state index in [0.29, 0.717) is 34.3 Å². The van der Waals surface area contributed by atoms with Gasteiger partial charge in [0.05, 0.1) is 19.8 Å². The molecule has 168 valence electrons. The molecule has 0 saturated heterocycles. The molecule has 10 heteroatoms. The van der Waals surface area contributed by atoms with Crippen LogP contribution in [0.15, 0.2) is 36.4 Å². The molecule has 0 aliphatic rings. The van der Waals surface area contributed by atoms with Crippen molar-refractivity contribution < 1.29 is 28.4 Å². The van der Waals surface area contributed by atoms with Crippen LogP contribution in [0.1, 0.15) is 21.5 Å². The number of methoxy groups -OCH3 is 2. The fraction of sp³-hybridized carbons (Fsp3) is 0.273. The first-order chi connectivity index (χ1) is 15.2. The number of aromatic nitrogens is 1. The number of hydrogen-bond donors (Lipinski definition) is 1. The Labute approximate surface area is 182 Å². The molecule has 32 heavy (non-hydrogen) atoms. The number of carbonyl (C=O) groups excluding carboxylic acids is 2. The number of halogens is 1. The van der Waals surface area contributed by atoms with Crippen molar-refractivity contribution >= 4 is 23.0 Å². The molecule has 0 unspecified atom stereocenters. The largest absolute Gasteiger partial charge is 0.465 e. The number of rotatable bonds is 7. The lowest BCUT2D eigenvalue weighted by Crippen LogP contribution is -2.25. The number of carbonyl (C=O) groups is 2. The molecule has 0 spiro atoms. The van der Waals surface area contributed by atoms with Gasteiger partial charge in [0.25, 0.3) is 0 Å². The number of esters is 1. The van der Waals surface area contributed by atoms with Gasteiger partial charge < -0.3 is 19.4 Å². The third-order valence-corrected chi connectivity index (χ3v) is 5.06. The molecule has 0 atom stereocenters. The predicted octanol–water partition coefficient (Wildman–Crippen LogP) is 3.78. The highest BCUT2D eigenvalue weighted by atomic mass is 19.1. The number of fused-ring (bicyclic) bond motifs is 1. The quantitative estimate of drug-likeness (QED) is 0.338. The number of H-pyrrole nitrogens is 1. The van der Waals surface area contributed by atoms with Crippen molar-refractivity contribution in [2.75, 3.05) is 27.8 Å². The first-order valence-electron chi connectivity index (χ1n) is 9.67. The number of hydrogen-bond acceptors (Lipinski definition) is 6. The zero-order valence-electron chi connectivity index (χ0n) is 17.8. The predicted molar refractivity (Wildman–Crippen MR) is 114 cm³/mol. The lowest BCUT2D eigenvalue weighted by molar-refractivity contribution is -0.479. The monoisotopic (exact) mass is 443 g/mol. The summed E-state index contributed by atoms with van der Waals surface area (Å²) < 4.78 is 23.6. The summed E-state index contributed by atoms with van der Waals surface area (Å²) in [5.41, 5.74) is 2.95. The third-order valence-electron chi connectivity index (χ3n) is 5.06. The van der Waals surface area contributed by atoms with E-state index in [4.69, 9.17) is 4.74 Å². The van der Waals surface area contributed by atoms with Crippen molar-refractivity contribution in [2.45, 2.75) is 13.0 Å². The number of aromatic amines is 1. The smallest absolute Gasteiger partial charge is 0.409 e. The first kappa shape index (κ1) is 22.7. The maximum absolute atomic E-state index is 14.1. The maximum atomic E-state index is 14.1. The summed E-state index contributed by atoms with van der Waals surface area (Å²) in [5, 5.41) is 11.4. The van der Waals surface area contributed by atoms with Crippen molar-refractivity contribution in [3.63, 3.8) is 0 Å². The summed E-state index contributed by atoms with van der Waals surface area (Å²) in [7, 11) is 4.10. The Morgan fingerprint density at radius 1 is 1.16 bits per heavy atom. The van der Waals surface area contributed by atoms with Crippen LogP contribution in [0.3, 0.4) is 0 Å². The van der Waals surface area contributed by atoms with Crippen LogP contribution in [-0.4, -0.2) is 54.7 Å². The van der Waals surface area contributed by atoms with Crippen LogP contribution in [0.25, 0.3) is 22.2 Å². The molecule has 0 aliphatic carbocycles. The van der Waals surface area contributed by atoms with Gasteiger partial charge in [0.1, 0.15) is 5.82 Å². The van der Waals surface area contributed by atoms with Gasteiger partial charge in [-0.25, -0.2) is 14.0 Å². The van der Waals surface area contributed by atoms with Gasteiger partial charge in [-0.1, -0.05) is 24.3 Å². The molecule has 1 aromatic heterocycles. The third kappa shape index (κ3) is 4.69. The highest BCUT2D eigenvalue weighted by Gasteiger charge is 2.22. The molecule has 1 amide bonds. The molecule has 1 heterocycles. The van der Waals surface area contributed by atoms with Crippen LogP contribution in [0.4, 0.5) is 9.18 Å². The molecule has 2 aromatic carbocycles. The minimum absolute atomic E-state index is 0.000305. The van der Waals surface area contributed by atoms with Crippen molar-refractivity contribution in [3.8, 4) is 11.3 Å². The van der Waals surface area contributed by atoms with Crippen molar-refractivity contribution in [1.29, 1.82) is 0 Å². The number of nitro groups is 1. The van der Waals surface area contributed by atoms with Crippen LogP contribution in [-0.2, 0) is 22.4 Å². The highest BCUT2D eigenvalue weighted by molar-refractivity contribution is 6.07. The SMILES string of the molecule is COC(=O)c1cc(F)cc2[nH]c(-c3ccc(CN(C)C(=O)OC)cc3)c(CC[N+](=O)[O-])c12. The summed E-state index contributed by atoms with van der Waals surface area (Å²) in [5.74, 6) is -1.36. The van der Waals surface area contributed by atoms with Crippen molar-refractivity contribution in [1.82, 2.24) is 9.88 Å². The molecule has 0 fully saturated rings. The molecular weight excluding hydrogens is 421 g/mol. The van der Waals surface area contributed by atoms with Crippen LogP contribution in [0, 0.1) is 15.9 Å². The second kappa shape index (κ2) is 9.46. The molecule has 0 radical (unpaired) electrons. The molecule has 0 saturated carbocycles. The molecule has 0 bridgehead atoms. The van der Waals surface area contributed by atoms with Gasteiger partial charge in [-0.3, -0.25) is 10.1 Å². The lowest BCUT2D eigenvalue weighted by atomic mass is 9.98. The second-order valence-electron chi connectivity index (χ2n) is 7.18. The first-order valence-corrected chi connectivity index (χ1v) is 9.67. The Balaban J connectivity index is 2.09. The van der Waals surface area contributed by atoms with Gasteiger partial charge in [0.15, 0.2) is 0 Å². The minimum Gasteiger partial charge on any atom is -0.465 e. The Kier molecular flexibility index (Phi) is 6.72. The summed E-state index contributed by atoms with van der Waals surface area (Å²) in [6, 6.07) is 9.48. The van der Waals surface area contributed by atoms with Gasteiger partial charge in [-0.15, -0.1) is 0 Å². The number of nitrogens with zero attached hydrogens (tertiary/aromatic N) is 2. The van der Waals surface area contributed by atoms with E-state index in [1.807, 2.05) is 0 Å². The number of amides is 1. The zero-order valence-corrected chi connectivity index (χ0v) is 17.8. The van der Waals surface area contributed by atoms with E-state index in [1.165, 1.54) is 25.2 Å². The highest BCUT2D eigenvalue weighted by Crippen LogP contribution is 2.34. The normalized spacial score (nSPS) is 10.8. The fourth-order valence-electron chi connectivity index (χ4n) is 3.61. The Bertz CT molecular complexity index is 1170. The van der Waals surface area contributed by atoms with Gasteiger partial charge >= 0.3 is 12.1 Å². The minimum atomic E-state index is -0.733. The topological polar surface area (TPSA) is 115 Å². The summed E-state index contributed by atoms with van der Waals surface area (Å²) >= 11 is 0.